The highest BCUT2D eigenvalue weighted by Gasteiger charge is 2.43. The molecule has 0 radical (unpaired) electrons. The maximum atomic E-state index is 13.5. The van der Waals surface area contributed by atoms with Crippen LogP contribution in [0, 0.1) is 0 Å². The van der Waals surface area contributed by atoms with Gasteiger partial charge in [-0.1, -0.05) is 47.1 Å². The zero-order valence-corrected chi connectivity index (χ0v) is 18.2. The van der Waals surface area contributed by atoms with Crippen LogP contribution in [-0.2, 0) is 6.42 Å². The fraction of sp³-hybridized carbons (Fsp3) is 0.120. The van der Waals surface area contributed by atoms with Gasteiger partial charge < -0.3 is 9.52 Å². The van der Waals surface area contributed by atoms with E-state index in [1.54, 1.807) is 47.4 Å². The molecule has 1 N–H and O–H groups in total. The number of nitrogens with zero attached hydrogens (tertiary/aromatic N) is 1. The highest BCUT2D eigenvalue weighted by molar-refractivity contribution is 9.10. The maximum absolute atomic E-state index is 13.5. The molecule has 0 fully saturated rings. The predicted octanol–water partition coefficient (Wildman–Crippen LogP) is 5.57. The first-order valence-electron chi connectivity index (χ1n) is 9.95. The summed E-state index contributed by atoms with van der Waals surface area (Å²) in [7, 11) is 0. The molecule has 1 unspecified atom stereocenters. The van der Waals surface area contributed by atoms with Crippen molar-refractivity contribution in [3.8, 4) is 5.75 Å². The largest absolute Gasteiger partial charge is 0.508 e. The summed E-state index contributed by atoms with van der Waals surface area (Å²) in [6, 6.07) is 18.8. The van der Waals surface area contributed by atoms with Crippen LogP contribution in [0.3, 0.4) is 0 Å². The number of hydrogen-bond donors (Lipinski definition) is 1. The number of fused-ring (bicyclic) bond motifs is 2. The minimum atomic E-state index is -0.657. The molecule has 6 heteroatoms. The van der Waals surface area contributed by atoms with Gasteiger partial charge in [0.2, 0.25) is 5.76 Å². The molecule has 1 amide bonds. The Morgan fingerprint density at radius 3 is 2.39 bits per heavy atom. The molecular weight excluding hydrogens is 458 g/mol. The minimum Gasteiger partial charge on any atom is -0.508 e. The Balaban J connectivity index is 1.78. The van der Waals surface area contributed by atoms with Crippen LogP contribution >= 0.6 is 15.9 Å². The summed E-state index contributed by atoms with van der Waals surface area (Å²) in [4.78, 5) is 28.6. The average molecular weight is 476 g/mol. The van der Waals surface area contributed by atoms with E-state index in [9.17, 15) is 14.7 Å². The summed E-state index contributed by atoms with van der Waals surface area (Å²) < 4.78 is 6.72. The number of carbonyl (C=O) groups excluding carboxylic acids is 1. The summed E-state index contributed by atoms with van der Waals surface area (Å²) in [6.07, 6.45) is 0.885. The van der Waals surface area contributed by atoms with Crippen molar-refractivity contribution in [3.63, 3.8) is 0 Å². The van der Waals surface area contributed by atoms with Crippen LogP contribution in [0.5, 0.6) is 5.75 Å². The summed E-state index contributed by atoms with van der Waals surface area (Å²) in [6.45, 7) is 2.07. The van der Waals surface area contributed by atoms with E-state index in [1.807, 2.05) is 24.3 Å². The lowest BCUT2D eigenvalue weighted by Crippen LogP contribution is -2.29. The van der Waals surface area contributed by atoms with Gasteiger partial charge in [0.25, 0.3) is 5.91 Å². The first-order chi connectivity index (χ1) is 15.0. The highest BCUT2D eigenvalue weighted by atomic mass is 79.9. The van der Waals surface area contributed by atoms with E-state index in [4.69, 9.17) is 4.42 Å². The zero-order valence-electron chi connectivity index (χ0n) is 16.6. The molecule has 154 valence electrons. The molecule has 1 aliphatic heterocycles. The number of rotatable bonds is 3. The molecule has 2 heterocycles. The van der Waals surface area contributed by atoms with Crippen LogP contribution in [0.2, 0.25) is 0 Å². The number of carbonyl (C=O) groups is 1. The van der Waals surface area contributed by atoms with E-state index in [1.165, 1.54) is 0 Å². The first-order valence-corrected chi connectivity index (χ1v) is 10.7. The Kier molecular flexibility index (Phi) is 4.67. The molecular formula is C25H18BrNO4. The number of aryl methyl sites for hydroxylation is 1. The van der Waals surface area contributed by atoms with Gasteiger partial charge in [-0.25, -0.2) is 0 Å². The van der Waals surface area contributed by atoms with E-state index < -0.39 is 6.04 Å². The second-order valence-electron chi connectivity index (χ2n) is 7.50. The number of amides is 1. The second-order valence-corrected chi connectivity index (χ2v) is 8.42. The quantitative estimate of drug-likeness (QED) is 0.420. The topological polar surface area (TPSA) is 70.8 Å². The SMILES string of the molecule is CCc1ccc(N2C(=O)c3oc4ccc(Br)cc4c(=O)c3C2c2ccc(O)cc2)cc1. The van der Waals surface area contributed by atoms with E-state index in [2.05, 4.69) is 22.9 Å². The Morgan fingerprint density at radius 2 is 1.71 bits per heavy atom. The van der Waals surface area contributed by atoms with Crippen molar-refractivity contribution in [1.82, 2.24) is 0 Å². The number of halogens is 1. The molecule has 5 rings (SSSR count). The second kappa shape index (κ2) is 7.39. The lowest BCUT2D eigenvalue weighted by molar-refractivity contribution is 0.0971. The number of aromatic hydroxyl groups is 1. The number of phenols is 1. The minimum absolute atomic E-state index is 0.0532. The van der Waals surface area contributed by atoms with Crippen molar-refractivity contribution in [1.29, 1.82) is 0 Å². The Morgan fingerprint density at radius 1 is 1.00 bits per heavy atom. The third kappa shape index (κ3) is 3.15. The van der Waals surface area contributed by atoms with Gasteiger partial charge in [0.1, 0.15) is 11.3 Å². The zero-order chi connectivity index (χ0) is 21.7. The van der Waals surface area contributed by atoms with E-state index in [-0.39, 0.29) is 22.8 Å². The Labute approximate surface area is 186 Å². The van der Waals surface area contributed by atoms with Crippen LogP contribution in [0.4, 0.5) is 5.69 Å². The van der Waals surface area contributed by atoms with Crippen molar-refractivity contribution >= 4 is 38.5 Å². The summed E-state index contributed by atoms with van der Waals surface area (Å²) in [5.41, 5.74) is 2.98. The summed E-state index contributed by atoms with van der Waals surface area (Å²) >= 11 is 3.40. The van der Waals surface area contributed by atoms with E-state index in [0.29, 0.717) is 27.8 Å². The third-order valence-electron chi connectivity index (χ3n) is 5.66. The van der Waals surface area contributed by atoms with E-state index in [0.717, 1.165) is 16.5 Å². The lowest BCUT2D eigenvalue weighted by atomic mass is 9.98. The van der Waals surface area contributed by atoms with Gasteiger partial charge >= 0.3 is 0 Å². The molecule has 4 aromatic rings. The number of phenolic OH excluding ortho intramolecular Hbond substituents is 1. The standard InChI is InChI=1S/C25H18BrNO4/c1-2-14-3-8-17(9-4-14)27-22(15-5-10-18(28)11-6-15)21-23(29)19-13-16(26)7-12-20(19)31-24(21)25(27)30/h3-13,22,28H,2H2,1H3. The van der Waals surface area contributed by atoms with Crippen LogP contribution in [0.15, 0.2) is 80.4 Å². The molecule has 1 aliphatic rings. The van der Waals surface area contributed by atoms with Gasteiger partial charge in [0.15, 0.2) is 5.43 Å². The van der Waals surface area contributed by atoms with Crippen LogP contribution in [0.25, 0.3) is 11.0 Å². The van der Waals surface area contributed by atoms with Gasteiger partial charge in [-0.05, 0) is 60.0 Å². The summed E-state index contributed by atoms with van der Waals surface area (Å²) in [5.74, 6) is -0.196. The van der Waals surface area contributed by atoms with Gasteiger partial charge in [-0.15, -0.1) is 0 Å². The summed E-state index contributed by atoms with van der Waals surface area (Å²) in [5, 5.41) is 10.2. The number of benzene rings is 3. The molecule has 5 nitrogen and oxygen atoms in total. The first kappa shape index (κ1) is 19.6. The van der Waals surface area contributed by atoms with Gasteiger partial charge in [-0.3, -0.25) is 14.5 Å². The molecule has 3 aromatic carbocycles. The fourth-order valence-corrected chi connectivity index (χ4v) is 4.44. The molecule has 1 atom stereocenters. The molecule has 0 bridgehead atoms. The normalized spacial score (nSPS) is 15.5. The predicted molar refractivity (Wildman–Crippen MR) is 123 cm³/mol. The van der Waals surface area contributed by atoms with Crippen molar-refractivity contribution < 1.29 is 14.3 Å². The highest BCUT2D eigenvalue weighted by Crippen LogP contribution is 2.41. The Hall–Kier alpha value is -3.38. The molecule has 0 spiro atoms. The van der Waals surface area contributed by atoms with E-state index >= 15 is 0 Å². The molecule has 0 saturated carbocycles. The van der Waals surface area contributed by atoms with Crippen LogP contribution in [-0.4, -0.2) is 11.0 Å². The van der Waals surface area contributed by atoms with Gasteiger partial charge in [0, 0.05) is 10.2 Å². The van der Waals surface area contributed by atoms with Crippen molar-refractivity contribution in [2.45, 2.75) is 19.4 Å². The average Bonchev–Trinajstić information content (AvgIpc) is 3.07. The lowest BCUT2D eigenvalue weighted by Gasteiger charge is -2.25. The van der Waals surface area contributed by atoms with Gasteiger partial charge in [-0.2, -0.15) is 0 Å². The number of hydrogen-bond acceptors (Lipinski definition) is 4. The molecule has 0 saturated heterocycles. The number of anilines is 1. The smallest absolute Gasteiger partial charge is 0.295 e. The molecule has 31 heavy (non-hydrogen) atoms. The third-order valence-corrected chi connectivity index (χ3v) is 6.16. The fourth-order valence-electron chi connectivity index (χ4n) is 4.08. The molecule has 1 aromatic heterocycles. The van der Waals surface area contributed by atoms with Crippen molar-refractivity contribution in [2.75, 3.05) is 4.90 Å². The Bertz CT molecular complexity index is 1370. The maximum Gasteiger partial charge on any atom is 0.295 e. The van der Waals surface area contributed by atoms with Crippen molar-refractivity contribution in [3.05, 3.63) is 104 Å². The molecule has 0 aliphatic carbocycles. The van der Waals surface area contributed by atoms with Crippen LogP contribution in [0.1, 0.15) is 40.2 Å². The van der Waals surface area contributed by atoms with Gasteiger partial charge in [0.05, 0.1) is 17.0 Å². The van der Waals surface area contributed by atoms with Crippen molar-refractivity contribution in [2.24, 2.45) is 0 Å². The van der Waals surface area contributed by atoms with Crippen LogP contribution < -0.4 is 10.3 Å². The monoisotopic (exact) mass is 475 g/mol.